The summed E-state index contributed by atoms with van der Waals surface area (Å²) in [5.74, 6) is 0.164. The lowest BCUT2D eigenvalue weighted by Gasteiger charge is -2.29. The highest BCUT2D eigenvalue weighted by molar-refractivity contribution is 6.09. The standard InChI is InChI=1S/C15H24BNO/c1-3-11-15(2,12-16)17-14(18)10-9-13-7-5-4-6-8-13/h4-8H,3,9-12,16H2,1-2H3,(H,17,18). The Morgan fingerprint density at radius 3 is 2.56 bits per heavy atom. The van der Waals surface area contributed by atoms with Gasteiger partial charge in [-0.2, -0.15) is 0 Å². The van der Waals surface area contributed by atoms with Gasteiger partial charge in [-0.05, 0) is 25.3 Å². The van der Waals surface area contributed by atoms with Crippen LogP contribution in [0.2, 0.25) is 6.32 Å². The van der Waals surface area contributed by atoms with Gasteiger partial charge in [0, 0.05) is 12.0 Å². The summed E-state index contributed by atoms with van der Waals surface area (Å²) in [5.41, 5.74) is 1.18. The summed E-state index contributed by atoms with van der Waals surface area (Å²) >= 11 is 0. The molecule has 0 fully saturated rings. The van der Waals surface area contributed by atoms with E-state index in [1.807, 2.05) is 18.2 Å². The third kappa shape index (κ3) is 4.95. The average molecular weight is 245 g/mol. The zero-order valence-electron chi connectivity index (χ0n) is 11.8. The summed E-state index contributed by atoms with van der Waals surface area (Å²) in [4.78, 5) is 12.0. The van der Waals surface area contributed by atoms with Crippen molar-refractivity contribution >= 4 is 13.8 Å². The smallest absolute Gasteiger partial charge is 0.220 e. The Balaban J connectivity index is 2.41. The number of rotatable bonds is 7. The minimum absolute atomic E-state index is 0.0392. The van der Waals surface area contributed by atoms with Crippen LogP contribution < -0.4 is 5.32 Å². The SMILES string of the molecule is BCC(C)(CCC)NC(=O)CCc1ccccc1. The molecule has 1 unspecified atom stereocenters. The Morgan fingerprint density at radius 2 is 2.00 bits per heavy atom. The van der Waals surface area contributed by atoms with Gasteiger partial charge in [-0.1, -0.05) is 50.0 Å². The first-order chi connectivity index (χ1) is 8.59. The van der Waals surface area contributed by atoms with Crippen LogP contribution >= 0.6 is 0 Å². The van der Waals surface area contributed by atoms with Crippen LogP contribution in [-0.4, -0.2) is 19.3 Å². The molecule has 0 radical (unpaired) electrons. The number of nitrogens with one attached hydrogen (secondary N) is 1. The Labute approximate surface area is 112 Å². The van der Waals surface area contributed by atoms with Crippen LogP contribution in [0.3, 0.4) is 0 Å². The van der Waals surface area contributed by atoms with E-state index in [0.717, 1.165) is 25.6 Å². The number of benzene rings is 1. The normalized spacial score (nSPS) is 13.9. The van der Waals surface area contributed by atoms with Crippen LogP contribution in [0.15, 0.2) is 30.3 Å². The van der Waals surface area contributed by atoms with Crippen molar-refractivity contribution in [2.24, 2.45) is 0 Å². The first kappa shape index (κ1) is 14.8. The molecule has 0 saturated carbocycles. The van der Waals surface area contributed by atoms with Crippen LogP contribution in [0.25, 0.3) is 0 Å². The van der Waals surface area contributed by atoms with Gasteiger partial charge in [0.1, 0.15) is 7.85 Å². The highest BCUT2D eigenvalue weighted by Crippen LogP contribution is 2.16. The molecular weight excluding hydrogens is 221 g/mol. The van der Waals surface area contributed by atoms with Gasteiger partial charge in [-0.25, -0.2) is 0 Å². The third-order valence-corrected chi connectivity index (χ3v) is 3.51. The second kappa shape index (κ2) is 7.25. The molecule has 1 aromatic rings. The van der Waals surface area contributed by atoms with Crippen molar-refractivity contribution in [1.29, 1.82) is 0 Å². The van der Waals surface area contributed by atoms with Crippen molar-refractivity contribution in [1.82, 2.24) is 5.32 Å². The molecule has 0 saturated heterocycles. The molecular formula is C15H24BNO. The first-order valence-corrected chi connectivity index (χ1v) is 6.94. The third-order valence-electron chi connectivity index (χ3n) is 3.51. The van der Waals surface area contributed by atoms with Gasteiger partial charge in [0.15, 0.2) is 0 Å². The van der Waals surface area contributed by atoms with Gasteiger partial charge in [0.25, 0.3) is 0 Å². The number of amides is 1. The van der Waals surface area contributed by atoms with Gasteiger partial charge < -0.3 is 5.32 Å². The Kier molecular flexibility index (Phi) is 5.96. The van der Waals surface area contributed by atoms with Crippen molar-refractivity contribution in [3.8, 4) is 0 Å². The molecule has 0 spiro atoms. The van der Waals surface area contributed by atoms with Crippen molar-refractivity contribution in [2.45, 2.75) is 51.4 Å². The minimum atomic E-state index is -0.0392. The van der Waals surface area contributed by atoms with Crippen molar-refractivity contribution in [2.75, 3.05) is 0 Å². The number of hydrogen-bond donors (Lipinski definition) is 1. The average Bonchev–Trinajstić information content (AvgIpc) is 2.38. The van der Waals surface area contributed by atoms with Gasteiger partial charge in [-0.3, -0.25) is 4.79 Å². The van der Waals surface area contributed by atoms with Crippen LogP contribution in [-0.2, 0) is 11.2 Å². The van der Waals surface area contributed by atoms with Crippen LogP contribution in [0.5, 0.6) is 0 Å². The Hall–Kier alpha value is -1.25. The lowest BCUT2D eigenvalue weighted by molar-refractivity contribution is -0.122. The molecule has 0 bridgehead atoms. The molecule has 0 aromatic heterocycles. The molecule has 2 nitrogen and oxygen atoms in total. The van der Waals surface area contributed by atoms with Gasteiger partial charge >= 0.3 is 0 Å². The molecule has 1 amide bonds. The number of carbonyl (C=O) groups is 1. The van der Waals surface area contributed by atoms with Crippen LogP contribution in [0.1, 0.15) is 38.7 Å². The van der Waals surface area contributed by atoms with Crippen LogP contribution in [0.4, 0.5) is 0 Å². The Morgan fingerprint density at radius 1 is 1.33 bits per heavy atom. The van der Waals surface area contributed by atoms with E-state index in [0.29, 0.717) is 6.42 Å². The molecule has 1 N–H and O–H groups in total. The van der Waals surface area contributed by atoms with Crippen molar-refractivity contribution in [3.05, 3.63) is 35.9 Å². The summed E-state index contributed by atoms with van der Waals surface area (Å²) in [6, 6.07) is 10.2. The predicted molar refractivity (Wildman–Crippen MR) is 79.6 cm³/mol. The highest BCUT2D eigenvalue weighted by atomic mass is 16.1. The number of hydrogen-bond acceptors (Lipinski definition) is 1. The van der Waals surface area contributed by atoms with Crippen molar-refractivity contribution in [3.63, 3.8) is 0 Å². The molecule has 98 valence electrons. The maximum atomic E-state index is 12.0. The topological polar surface area (TPSA) is 29.1 Å². The molecule has 1 atom stereocenters. The van der Waals surface area contributed by atoms with E-state index in [2.05, 4.69) is 39.1 Å². The van der Waals surface area contributed by atoms with Crippen LogP contribution in [0, 0.1) is 0 Å². The molecule has 1 rings (SSSR count). The van der Waals surface area contributed by atoms with Gasteiger partial charge in [-0.15, -0.1) is 0 Å². The molecule has 1 aromatic carbocycles. The van der Waals surface area contributed by atoms with Gasteiger partial charge in [0.2, 0.25) is 5.91 Å². The fraction of sp³-hybridized carbons (Fsp3) is 0.533. The van der Waals surface area contributed by atoms with Crippen molar-refractivity contribution < 1.29 is 4.79 Å². The fourth-order valence-corrected chi connectivity index (χ4v) is 2.18. The maximum absolute atomic E-state index is 12.0. The first-order valence-electron chi connectivity index (χ1n) is 6.94. The summed E-state index contributed by atoms with van der Waals surface area (Å²) < 4.78 is 0. The monoisotopic (exact) mass is 245 g/mol. The molecule has 0 aliphatic rings. The zero-order chi connectivity index (χ0) is 13.4. The fourth-order valence-electron chi connectivity index (χ4n) is 2.18. The lowest BCUT2D eigenvalue weighted by Crippen LogP contribution is -2.45. The second-order valence-corrected chi connectivity index (χ2v) is 5.20. The number of carbonyl (C=O) groups excluding carboxylic acids is 1. The molecule has 18 heavy (non-hydrogen) atoms. The van der Waals surface area contributed by atoms with E-state index < -0.39 is 0 Å². The largest absolute Gasteiger partial charge is 0.352 e. The minimum Gasteiger partial charge on any atom is -0.352 e. The van der Waals surface area contributed by atoms with E-state index in [-0.39, 0.29) is 11.4 Å². The highest BCUT2D eigenvalue weighted by Gasteiger charge is 2.22. The second-order valence-electron chi connectivity index (χ2n) is 5.20. The summed E-state index contributed by atoms with van der Waals surface area (Å²) in [7, 11) is 2.13. The molecule has 0 heterocycles. The predicted octanol–water partition coefficient (Wildman–Crippen LogP) is 2.35. The summed E-state index contributed by atoms with van der Waals surface area (Å²) in [6.07, 6.45) is 4.52. The Bertz CT molecular complexity index is 366. The van der Waals surface area contributed by atoms with E-state index in [1.54, 1.807) is 0 Å². The molecule has 0 aliphatic carbocycles. The molecule has 3 heteroatoms. The van der Waals surface area contributed by atoms with E-state index in [9.17, 15) is 4.79 Å². The maximum Gasteiger partial charge on any atom is 0.220 e. The zero-order valence-corrected chi connectivity index (χ0v) is 11.8. The number of aryl methyl sites for hydroxylation is 1. The van der Waals surface area contributed by atoms with E-state index >= 15 is 0 Å². The molecule has 0 aliphatic heterocycles. The summed E-state index contributed by atoms with van der Waals surface area (Å²) in [6.45, 7) is 4.29. The van der Waals surface area contributed by atoms with E-state index in [4.69, 9.17) is 0 Å². The quantitative estimate of drug-likeness (QED) is 0.734. The van der Waals surface area contributed by atoms with Gasteiger partial charge in [0.05, 0.1) is 0 Å². The summed E-state index contributed by atoms with van der Waals surface area (Å²) in [5, 5.41) is 3.18. The lowest BCUT2D eigenvalue weighted by atomic mass is 9.82. The van der Waals surface area contributed by atoms with E-state index in [1.165, 1.54) is 5.56 Å².